The summed E-state index contributed by atoms with van der Waals surface area (Å²) in [5, 5.41) is 2.63. The Morgan fingerprint density at radius 2 is 0.763 bits per heavy atom. The first-order valence-electron chi connectivity index (χ1n) is 20.8. The predicted molar refractivity (Wildman–Crippen MR) is 250 cm³/mol. The largest absolute Gasteiger partial charge is 0.310 e. The third-order valence-corrected chi connectivity index (χ3v) is 13.3. The number of anilines is 3. The molecule has 9 aromatic carbocycles. The lowest BCUT2D eigenvalue weighted by Gasteiger charge is -2.29. The van der Waals surface area contributed by atoms with Crippen molar-refractivity contribution in [3.63, 3.8) is 0 Å². The Morgan fingerprint density at radius 3 is 1.46 bits per heavy atom. The van der Waals surface area contributed by atoms with Crippen LogP contribution in [0.5, 0.6) is 0 Å². The van der Waals surface area contributed by atoms with E-state index >= 15 is 0 Å². The average molecular weight is 756 g/mol. The van der Waals surface area contributed by atoms with Crippen molar-refractivity contribution in [2.24, 2.45) is 0 Å². The molecule has 0 fully saturated rings. The zero-order valence-electron chi connectivity index (χ0n) is 34.0. The number of hydrogen-bond donors (Lipinski definition) is 0. The van der Waals surface area contributed by atoms with Gasteiger partial charge in [-0.2, -0.15) is 0 Å². The molecule has 282 valence electrons. The maximum absolute atomic E-state index is 2.45. The van der Waals surface area contributed by atoms with Gasteiger partial charge < -0.3 is 4.90 Å². The maximum atomic E-state index is 2.45. The van der Waals surface area contributed by atoms with Crippen molar-refractivity contribution in [3.8, 4) is 55.6 Å². The van der Waals surface area contributed by atoms with Crippen molar-refractivity contribution in [2.75, 3.05) is 4.90 Å². The van der Waals surface area contributed by atoms with Crippen molar-refractivity contribution in [3.05, 3.63) is 222 Å². The van der Waals surface area contributed by atoms with E-state index in [1.54, 1.807) is 0 Å². The van der Waals surface area contributed by atoms with Gasteiger partial charge in [0.15, 0.2) is 0 Å². The highest BCUT2D eigenvalue weighted by molar-refractivity contribution is 6.06. The fourth-order valence-corrected chi connectivity index (χ4v) is 10.2. The highest BCUT2D eigenvalue weighted by Gasteiger charge is 2.39. The number of hydrogen-bond acceptors (Lipinski definition) is 1. The molecule has 0 saturated carbocycles. The van der Waals surface area contributed by atoms with Crippen molar-refractivity contribution in [1.82, 2.24) is 0 Å². The molecule has 1 heteroatoms. The molecule has 11 rings (SSSR count). The molecule has 0 aliphatic heterocycles. The van der Waals surface area contributed by atoms with E-state index in [2.05, 4.69) is 233 Å². The first-order valence-corrected chi connectivity index (χ1v) is 20.8. The third kappa shape index (κ3) is 5.53. The minimum Gasteiger partial charge on any atom is -0.310 e. The van der Waals surface area contributed by atoms with E-state index in [0.717, 1.165) is 17.1 Å². The highest BCUT2D eigenvalue weighted by atomic mass is 15.1. The number of fused-ring (bicyclic) bond motifs is 8. The minimum absolute atomic E-state index is 0.0407. The van der Waals surface area contributed by atoms with Crippen LogP contribution in [0, 0.1) is 0 Å². The fourth-order valence-electron chi connectivity index (χ4n) is 10.2. The molecule has 0 unspecified atom stereocenters. The van der Waals surface area contributed by atoms with Gasteiger partial charge in [-0.25, -0.2) is 0 Å². The van der Waals surface area contributed by atoms with E-state index < -0.39 is 0 Å². The van der Waals surface area contributed by atoms with E-state index in [0.29, 0.717) is 0 Å². The Balaban J connectivity index is 1.03. The normalized spacial score (nSPS) is 14.0. The number of rotatable bonds is 6. The second-order valence-corrected chi connectivity index (χ2v) is 17.3. The molecule has 1 nitrogen and oxygen atoms in total. The van der Waals surface area contributed by atoms with Gasteiger partial charge >= 0.3 is 0 Å². The number of benzene rings is 9. The maximum Gasteiger partial charge on any atom is 0.0465 e. The van der Waals surface area contributed by atoms with Crippen LogP contribution in [0.1, 0.15) is 49.9 Å². The molecule has 0 bridgehead atoms. The summed E-state index contributed by atoms with van der Waals surface area (Å²) in [5.41, 5.74) is 21.5. The van der Waals surface area contributed by atoms with Crippen LogP contribution in [-0.2, 0) is 10.8 Å². The molecule has 9 aromatic rings. The molecular weight excluding hydrogens is 711 g/mol. The van der Waals surface area contributed by atoms with E-state index in [1.165, 1.54) is 88.7 Å². The lowest BCUT2D eigenvalue weighted by atomic mass is 9.79. The second-order valence-electron chi connectivity index (χ2n) is 17.3. The van der Waals surface area contributed by atoms with E-state index in [1.807, 2.05) is 0 Å². The quantitative estimate of drug-likeness (QED) is 0.163. The smallest absolute Gasteiger partial charge is 0.0465 e. The van der Waals surface area contributed by atoms with Crippen LogP contribution >= 0.6 is 0 Å². The Morgan fingerprint density at radius 1 is 0.288 bits per heavy atom. The summed E-state index contributed by atoms with van der Waals surface area (Å²) in [7, 11) is 0. The summed E-state index contributed by atoms with van der Waals surface area (Å²) in [5.74, 6) is 0. The van der Waals surface area contributed by atoms with Crippen molar-refractivity contribution in [2.45, 2.75) is 38.5 Å². The topological polar surface area (TPSA) is 3.24 Å². The molecule has 0 aromatic heterocycles. The van der Waals surface area contributed by atoms with Crippen LogP contribution in [0.3, 0.4) is 0 Å². The summed E-state index contributed by atoms with van der Waals surface area (Å²) in [6, 6.07) is 74.1. The zero-order chi connectivity index (χ0) is 39.9. The third-order valence-electron chi connectivity index (χ3n) is 13.3. The standard InChI is InChI=1S/C58H45N/c1-57(2)53-22-14-13-20-47(53)48-33-27-42(35-54(48)57)40-25-30-44(31-26-40)59(43-28-23-39(24-29-43)38-15-7-5-8-16-38)45-32-34-49-52-37-51(41-17-9-6-10-18-41)46-19-11-12-21-50(46)56(52)58(3,4)55(49)36-45/h5-37H,1-4H3. The van der Waals surface area contributed by atoms with Gasteiger partial charge in [-0.3, -0.25) is 0 Å². The van der Waals surface area contributed by atoms with Crippen LogP contribution in [0.4, 0.5) is 17.1 Å². The van der Waals surface area contributed by atoms with Gasteiger partial charge in [-0.1, -0.05) is 179 Å². The molecule has 2 aliphatic carbocycles. The predicted octanol–water partition coefficient (Wildman–Crippen LogP) is 15.9. The summed E-state index contributed by atoms with van der Waals surface area (Å²) in [6.07, 6.45) is 0. The zero-order valence-corrected chi connectivity index (χ0v) is 34.0. The SMILES string of the molecule is CC1(C)c2ccccc2-c2ccc(-c3ccc(N(c4ccc(-c5ccccc5)cc4)c4ccc5c(c4)C(C)(C)c4c-5cc(-c5ccccc5)c5ccccc45)cc3)cc21. The number of nitrogens with zero attached hydrogens (tertiary/aromatic N) is 1. The van der Waals surface area contributed by atoms with Crippen LogP contribution in [-0.4, -0.2) is 0 Å². The van der Waals surface area contributed by atoms with E-state index in [9.17, 15) is 0 Å². The van der Waals surface area contributed by atoms with Crippen LogP contribution in [0.2, 0.25) is 0 Å². The Bertz CT molecular complexity index is 3060. The fraction of sp³-hybridized carbons (Fsp3) is 0.103. The van der Waals surface area contributed by atoms with Gasteiger partial charge in [0.2, 0.25) is 0 Å². The molecule has 0 saturated heterocycles. The lowest BCUT2D eigenvalue weighted by molar-refractivity contribution is 0.660. The van der Waals surface area contributed by atoms with Gasteiger partial charge in [0.25, 0.3) is 0 Å². The molecule has 2 aliphatic rings. The van der Waals surface area contributed by atoms with Gasteiger partial charge in [0, 0.05) is 27.9 Å². The monoisotopic (exact) mass is 755 g/mol. The lowest BCUT2D eigenvalue weighted by Crippen LogP contribution is -2.17. The minimum atomic E-state index is -0.205. The average Bonchev–Trinajstić information content (AvgIpc) is 3.66. The molecule has 0 heterocycles. The van der Waals surface area contributed by atoms with Crippen molar-refractivity contribution >= 4 is 27.8 Å². The van der Waals surface area contributed by atoms with Gasteiger partial charge in [0.05, 0.1) is 0 Å². The first kappa shape index (κ1) is 35.2. The highest BCUT2D eigenvalue weighted by Crippen LogP contribution is 2.55. The molecular formula is C58H45N. The molecule has 0 spiro atoms. The van der Waals surface area contributed by atoms with Gasteiger partial charge in [0.1, 0.15) is 0 Å². The van der Waals surface area contributed by atoms with Gasteiger partial charge in [-0.05, 0) is 137 Å². The Hall–Kier alpha value is -6.96. The second kappa shape index (κ2) is 13.3. The Labute approximate surface area is 347 Å². The van der Waals surface area contributed by atoms with Crippen LogP contribution < -0.4 is 4.90 Å². The first-order chi connectivity index (χ1) is 28.8. The summed E-state index contributed by atoms with van der Waals surface area (Å²) in [6.45, 7) is 9.51. The molecule has 0 N–H and O–H groups in total. The summed E-state index contributed by atoms with van der Waals surface area (Å²) >= 11 is 0. The molecule has 0 atom stereocenters. The van der Waals surface area contributed by atoms with Crippen molar-refractivity contribution < 1.29 is 0 Å². The van der Waals surface area contributed by atoms with E-state index in [-0.39, 0.29) is 10.8 Å². The van der Waals surface area contributed by atoms with Crippen molar-refractivity contribution in [1.29, 1.82) is 0 Å². The molecule has 0 radical (unpaired) electrons. The van der Waals surface area contributed by atoms with Crippen LogP contribution in [0.15, 0.2) is 200 Å². The van der Waals surface area contributed by atoms with Gasteiger partial charge in [-0.15, -0.1) is 0 Å². The summed E-state index contributed by atoms with van der Waals surface area (Å²) in [4.78, 5) is 2.42. The Kier molecular flexibility index (Phi) is 7.94. The van der Waals surface area contributed by atoms with E-state index in [4.69, 9.17) is 0 Å². The summed E-state index contributed by atoms with van der Waals surface area (Å²) < 4.78 is 0. The van der Waals surface area contributed by atoms with Crippen LogP contribution in [0.25, 0.3) is 66.4 Å². The molecule has 59 heavy (non-hydrogen) atoms. The molecule has 0 amide bonds.